The number of aromatic nitrogens is 4. The fourth-order valence-corrected chi connectivity index (χ4v) is 12.6. The van der Waals surface area contributed by atoms with Gasteiger partial charge in [-0.3, -0.25) is 24.6 Å². The molecule has 522 valence electrons. The monoisotopic (exact) mass is 1440 g/mol. The first-order valence-corrected chi connectivity index (χ1v) is 32.4. The average Bonchev–Trinajstić information content (AvgIpc) is 1.65. The number of carbonyl (C=O) groups is 4. The summed E-state index contributed by atoms with van der Waals surface area (Å²) in [5.74, 6) is -2.63. The van der Waals surface area contributed by atoms with Crippen LogP contribution < -0.4 is 21.9 Å². The van der Waals surface area contributed by atoms with E-state index < -0.39 is 17.9 Å². The number of hydrogen-bond donors (Lipinski definition) is 9. The number of hydrazone groups is 1. The molecule has 15 rings (SSSR count). The summed E-state index contributed by atoms with van der Waals surface area (Å²) in [6.07, 6.45) is 7.14. The number of rotatable bonds is 13. The fourth-order valence-electron chi connectivity index (χ4n) is 12.6. The predicted octanol–water partition coefficient (Wildman–Crippen LogP) is 16.6. The van der Waals surface area contributed by atoms with Crippen molar-refractivity contribution >= 4 is 80.6 Å². The highest BCUT2D eigenvalue weighted by Crippen LogP contribution is 2.43. The quantitative estimate of drug-likeness (QED) is 0.0294. The Bertz CT molecular complexity index is 5090. The van der Waals surface area contributed by atoms with Gasteiger partial charge in [0.05, 0.1) is 57.2 Å². The van der Waals surface area contributed by atoms with Crippen LogP contribution in [0, 0.1) is 13.8 Å². The lowest BCUT2D eigenvalue weighted by molar-refractivity contribution is -0.116. The van der Waals surface area contributed by atoms with Gasteiger partial charge >= 0.3 is 17.9 Å². The van der Waals surface area contributed by atoms with Crippen molar-refractivity contribution in [1.29, 1.82) is 0 Å². The number of carboxylic acids is 3. The SMILES string of the molecule is Br.CC1=NN(c2ccc3c(c2)C(C)CC3)C(=O)C1.Cc1[nH]n(-c2ccc3c(c2)C(C)CC3)c(=O)c1N=Nc1cccc(-c2ccc(C(=O)O)o2)c1O.Cc1[nH]n(-c2ccc3c(c2)C(C)CC3)c(=O)c1N=Nc1cccc(-c2ccc(C(=O)O)o2)c1O.Nc1cccc(-c2ccc(C(=O)O)o2)c1O. The number of carbonyl (C=O) groups excluding carboxylic acids is 1. The Balaban J connectivity index is 0.000000144. The summed E-state index contributed by atoms with van der Waals surface area (Å²) in [4.78, 5) is 70.7. The van der Waals surface area contributed by atoms with Gasteiger partial charge in [-0.15, -0.1) is 37.4 Å². The zero-order valence-corrected chi connectivity index (χ0v) is 57.7. The highest BCUT2D eigenvalue weighted by atomic mass is 79.9. The van der Waals surface area contributed by atoms with Crippen LogP contribution in [-0.2, 0) is 24.1 Å². The van der Waals surface area contributed by atoms with Crippen LogP contribution in [0.15, 0.2) is 194 Å². The van der Waals surface area contributed by atoms with Crippen LogP contribution in [0.2, 0.25) is 0 Å². The van der Waals surface area contributed by atoms with E-state index in [0.717, 1.165) is 54.9 Å². The number of anilines is 2. The summed E-state index contributed by atoms with van der Waals surface area (Å²) in [5, 5.41) is 86.1. The van der Waals surface area contributed by atoms with E-state index in [1.165, 1.54) is 97.7 Å². The average molecular weight is 1450 g/mol. The molecule has 11 aromatic rings. The number of furan rings is 3. The number of amides is 1. The van der Waals surface area contributed by atoms with Gasteiger partial charge in [0.25, 0.3) is 17.0 Å². The normalized spacial score (nSPS) is 15.5. The summed E-state index contributed by atoms with van der Waals surface area (Å²) >= 11 is 0. The molecule has 0 spiro atoms. The van der Waals surface area contributed by atoms with Gasteiger partial charge in [0.2, 0.25) is 17.3 Å². The van der Waals surface area contributed by atoms with E-state index in [0.29, 0.717) is 41.1 Å². The Morgan fingerprint density at radius 3 is 1.22 bits per heavy atom. The third-order valence-corrected chi connectivity index (χ3v) is 18.1. The molecule has 3 atom stereocenters. The van der Waals surface area contributed by atoms with Gasteiger partial charge in [-0.25, -0.2) is 28.8 Å². The largest absolute Gasteiger partial charge is 0.505 e. The summed E-state index contributed by atoms with van der Waals surface area (Å²) in [6.45, 7) is 12.0. The molecule has 0 saturated carbocycles. The lowest BCUT2D eigenvalue weighted by atomic mass is 10.0. The minimum Gasteiger partial charge on any atom is -0.505 e. The van der Waals surface area contributed by atoms with Crippen molar-refractivity contribution in [3.8, 4) is 62.6 Å². The smallest absolute Gasteiger partial charge is 0.371 e. The van der Waals surface area contributed by atoms with Gasteiger partial charge in [-0.1, -0.05) is 57.2 Å². The van der Waals surface area contributed by atoms with E-state index >= 15 is 0 Å². The minimum atomic E-state index is -1.21. The first kappa shape index (κ1) is 70.9. The Kier molecular flexibility index (Phi) is 20.6. The highest BCUT2D eigenvalue weighted by Gasteiger charge is 2.28. The standard InChI is InChI=1S/2C25H22N4O5.C14H16N2O.C11H9NO4.BrH/c2*1-13-6-7-15-8-9-16(12-18(13)15)29-24(31)22(14(2)28-29)27-26-19-5-3-4-17(23(19)30)20-10-11-21(34-20)25(32)33;1-9-3-4-11-5-6-12(8-13(9)11)16-14(17)7-10(2)15-16;12-7-3-1-2-6(10(7)13)8-4-5-9(16-8)11(14)15;/h2*3-5,8-13,28,30H,6-7H2,1-2H3,(H,32,33);5-6,8-9H,3-4,7H2,1-2H3;1-5,13H,12H2,(H,14,15);1H. The van der Waals surface area contributed by atoms with Crippen LogP contribution in [-0.4, -0.2) is 79.7 Å². The third-order valence-electron chi connectivity index (χ3n) is 18.1. The lowest BCUT2D eigenvalue weighted by Crippen LogP contribution is -2.19. The first-order chi connectivity index (χ1) is 48.4. The van der Waals surface area contributed by atoms with Crippen LogP contribution in [0.25, 0.3) is 45.3 Å². The zero-order chi connectivity index (χ0) is 71.7. The fraction of sp³-hybridized carbons (Fsp3) is 0.213. The zero-order valence-electron chi connectivity index (χ0n) is 56.0. The number of halogens is 1. The number of aromatic amines is 2. The molecule has 102 heavy (non-hydrogen) atoms. The van der Waals surface area contributed by atoms with Crippen LogP contribution in [0.3, 0.4) is 0 Å². The molecule has 5 aromatic heterocycles. The van der Waals surface area contributed by atoms with Crippen molar-refractivity contribution in [2.75, 3.05) is 10.7 Å². The number of phenolic OH excluding ortho intramolecular Hbond substituents is 3. The molecule has 0 fully saturated rings. The molecule has 1 aliphatic heterocycles. The van der Waals surface area contributed by atoms with Crippen molar-refractivity contribution in [2.45, 2.75) is 104 Å². The molecule has 6 heterocycles. The number of nitrogens with one attached hydrogen (secondary N) is 2. The molecule has 0 saturated heterocycles. The van der Waals surface area contributed by atoms with Crippen molar-refractivity contribution in [2.24, 2.45) is 25.6 Å². The van der Waals surface area contributed by atoms with Gasteiger partial charge in [0.1, 0.15) is 34.4 Å². The molecule has 1 amide bonds. The maximum absolute atomic E-state index is 13.1. The van der Waals surface area contributed by atoms with E-state index in [2.05, 4.69) is 80.8 Å². The van der Waals surface area contributed by atoms with E-state index in [-0.39, 0.29) is 125 Å². The molecule has 26 nitrogen and oxygen atoms in total. The van der Waals surface area contributed by atoms with Gasteiger partial charge in [-0.05, 0) is 220 Å². The molecular weight excluding hydrogens is 1370 g/mol. The van der Waals surface area contributed by atoms with E-state index in [1.807, 2.05) is 37.3 Å². The second-order valence-electron chi connectivity index (χ2n) is 25.0. The van der Waals surface area contributed by atoms with Gasteiger partial charge in [0, 0.05) is 5.71 Å². The Labute approximate surface area is 591 Å². The number of azo groups is 2. The summed E-state index contributed by atoms with van der Waals surface area (Å²) < 4.78 is 18.5. The Morgan fingerprint density at radius 1 is 0.490 bits per heavy atom. The van der Waals surface area contributed by atoms with Crippen molar-refractivity contribution in [1.82, 2.24) is 19.6 Å². The number of hydrogen-bond acceptors (Lipinski definition) is 18. The molecule has 0 radical (unpaired) electrons. The maximum Gasteiger partial charge on any atom is 0.371 e. The Morgan fingerprint density at radius 2 is 0.853 bits per heavy atom. The number of nitrogen functional groups attached to an aromatic ring is 1. The minimum absolute atomic E-state index is 0. The van der Waals surface area contributed by atoms with E-state index in [9.17, 15) is 44.1 Å². The van der Waals surface area contributed by atoms with Crippen LogP contribution in [0.1, 0.15) is 148 Å². The second-order valence-corrected chi connectivity index (χ2v) is 25.0. The number of H-pyrrole nitrogens is 2. The van der Waals surface area contributed by atoms with E-state index in [1.54, 1.807) is 61.3 Å². The molecule has 10 N–H and O–H groups in total. The number of fused-ring (bicyclic) bond motifs is 3. The lowest BCUT2D eigenvalue weighted by Gasteiger charge is -2.14. The van der Waals surface area contributed by atoms with Crippen LogP contribution in [0.5, 0.6) is 17.2 Å². The number of nitrogens with zero attached hydrogens (tertiary/aromatic N) is 8. The molecule has 0 bridgehead atoms. The van der Waals surface area contributed by atoms with Crippen molar-refractivity contribution in [3.63, 3.8) is 0 Å². The number of aromatic hydroxyl groups is 3. The topological polar surface area (TPSA) is 396 Å². The maximum atomic E-state index is 13.1. The van der Waals surface area contributed by atoms with Crippen molar-refractivity contribution in [3.05, 3.63) is 228 Å². The van der Waals surface area contributed by atoms with Gasteiger partial charge in [-0.2, -0.15) is 5.10 Å². The number of benzene rings is 6. The summed E-state index contributed by atoms with van der Waals surface area (Å²) in [6, 6.07) is 40.9. The number of aromatic carboxylic acids is 3. The summed E-state index contributed by atoms with van der Waals surface area (Å²) in [5.41, 5.74) is 18.7. The Hall–Kier alpha value is -12.4. The van der Waals surface area contributed by atoms with Gasteiger partial charge in [0.15, 0.2) is 22.9 Å². The third kappa shape index (κ3) is 14.5. The first-order valence-electron chi connectivity index (χ1n) is 32.4. The van der Waals surface area contributed by atoms with Gasteiger partial charge < -0.3 is 49.6 Å². The number of aryl methyl sites for hydroxylation is 5. The summed E-state index contributed by atoms with van der Waals surface area (Å²) in [7, 11) is 0. The van der Waals surface area contributed by atoms with Crippen LogP contribution in [0.4, 0.5) is 34.1 Å². The molecule has 3 unspecified atom stereocenters. The molecule has 6 aromatic carbocycles. The van der Waals surface area contributed by atoms with Crippen LogP contribution >= 0.6 is 17.0 Å². The number of nitrogens with two attached hydrogens (primary N) is 1. The molecule has 27 heteroatoms. The van der Waals surface area contributed by atoms with E-state index in [4.69, 9.17) is 34.3 Å². The predicted molar refractivity (Wildman–Crippen MR) is 386 cm³/mol. The number of carboxylic acid groups (broad SMARTS) is 3. The second kappa shape index (κ2) is 29.6. The number of phenols is 3. The highest BCUT2D eigenvalue weighted by molar-refractivity contribution is 8.93. The number of para-hydroxylation sites is 3. The molecular formula is C75H70BrN11O15. The molecule has 3 aliphatic carbocycles. The molecule has 4 aliphatic rings. The van der Waals surface area contributed by atoms with Crippen molar-refractivity contribution < 1.29 is 63.1 Å².